The lowest BCUT2D eigenvalue weighted by molar-refractivity contribution is -0.129. The first-order valence-electron chi connectivity index (χ1n) is 6.74. The molecule has 4 rings (SSSR count). The number of carbonyl (C=O) groups is 1. The monoisotopic (exact) mass is 273 g/mol. The van der Waals surface area contributed by atoms with Crippen molar-refractivity contribution in [1.82, 2.24) is 30.2 Å². The lowest BCUT2D eigenvalue weighted by Gasteiger charge is -2.43. The minimum atomic E-state index is -0.0922. The number of aromatic amines is 1. The maximum Gasteiger partial charge on any atom is 0.239 e. The second kappa shape index (κ2) is 4.41. The fourth-order valence-corrected chi connectivity index (χ4v) is 2.96. The van der Waals surface area contributed by atoms with Crippen LogP contribution in [0, 0.1) is 0 Å². The molecule has 0 spiro atoms. The van der Waals surface area contributed by atoms with Gasteiger partial charge in [0.15, 0.2) is 11.5 Å². The third-order valence-corrected chi connectivity index (χ3v) is 3.99. The Kier molecular flexibility index (Phi) is 2.56. The van der Waals surface area contributed by atoms with Gasteiger partial charge in [0.2, 0.25) is 5.91 Å². The fraction of sp³-hybridized carbons (Fsp3) is 0.500. The van der Waals surface area contributed by atoms with Crippen LogP contribution in [0.3, 0.4) is 0 Å². The zero-order valence-corrected chi connectivity index (χ0v) is 10.9. The average Bonchev–Trinajstić information content (AvgIpc) is 2.96. The van der Waals surface area contributed by atoms with Gasteiger partial charge >= 0.3 is 0 Å². The van der Waals surface area contributed by atoms with Gasteiger partial charge in [-0.1, -0.05) is 0 Å². The molecule has 2 fully saturated rings. The number of aromatic nitrogens is 4. The zero-order valence-electron chi connectivity index (χ0n) is 10.9. The fourth-order valence-electron chi connectivity index (χ4n) is 2.96. The van der Waals surface area contributed by atoms with E-state index in [0.717, 1.165) is 37.5 Å². The summed E-state index contributed by atoms with van der Waals surface area (Å²) in [5.74, 6) is 0.932. The molecule has 0 bridgehead atoms. The molecule has 1 atom stereocenters. The Morgan fingerprint density at radius 2 is 2.15 bits per heavy atom. The first kappa shape index (κ1) is 11.6. The molecule has 2 aliphatic rings. The average molecular weight is 273 g/mol. The van der Waals surface area contributed by atoms with Gasteiger partial charge in [0.05, 0.1) is 6.33 Å². The number of imidazole rings is 1. The van der Waals surface area contributed by atoms with Gasteiger partial charge in [0, 0.05) is 32.7 Å². The number of H-pyrrole nitrogens is 1. The van der Waals surface area contributed by atoms with Crippen molar-refractivity contribution < 1.29 is 4.79 Å². The molecular formula is C12H15N7O. The molecule has 8 heteroatoms. The number of rotatable bonds is 1. The van der Waals surface area contributed by atoms with Crippen molar-refractivity contribution in [1.29, 1.82) is 0 Å². The highest BCUT2D eigenvalue weighted by molar-refractivity contribution is 5.86. The summed E-state index contributed by atoms with van der Waals surface area (Å²) in [4.78, 5) is 32.1. The summed E-state index contributed by atoms with van der Waals surface area (Å²) in [5.41, 5.74) is 1.49. The van der Waals surface area contributed by atoms with Crippen LogP contribution >= 0.6 is 0 Å². The van der Waals surface area contributed by atoms with E-state index in [1.165, 1.54) is 6.33 Å². The van der Waals surface area contributed by atoms with Gasteiger partial charge in [-0.3, -0.25) is 9.69 Å². The summed E-state index contributed by atoms with van der Waals surface area (Å²) in [5, 5.41) is 2.93. The van der Waals surface area contributed by atoms with Crippen LogP contribution in [0.15, 0.2) is 12.7 Å². The summed E-state index contributed by atoms with van der Waals surface area (Å²) in [7, 11) is 0. The Labute approximate surface area is 115 Å². The molecule has 2 N–H and O–H groups in total. The molecule has 4 heterocycles. The van der Waals surface area contributed by atoms with Gasteiger partial charge in [-0.2, -0.15) is 0 Å². The first-order valence-corrected chi connectivity index (χ1v) is 6.74. The van der Waals surface area contributed by atoms with Crippen LogP contribution in [-0.4, -0.2) is 69.5 Å². The van der Waals surface area contributed by atoms with Crippen molar-refractivity contribution in [2.24, 2.45) is 0 Å². The molecule has 104 valence electrons. The van der Waals surface area contributed by atoms with E-state index in [4.69, 9.17) is 0 Å². The van der Waals surface area contributed by atoms with E-state index in [1.807, 2.05) is 0 Å². The number of carbonyl (C=O) groups excluding carboxylic acids is 1. The number of amides is 1. The van der Waals surface area contributed by atoms with Gasteiger partial charge in [-0.15, -0.1) is 0 Å². The maximum absolute atomic E-state index is 12.0. The number of anilines is 1. The maximum atomic E-state index is 12.0. The Balaban J connectivity index is 1.66. The van der Waals surface area contributed by atoms with Crippen LogP contribution in [0.5, 0.6) is 0 Å². The molecule has 0 radical (unpaired) electrons. The predicted molar refractivity (Wildman–Crippen MR) is 72.3 cm³/mol. The first-order chi connectivity index (χ1) is 9.83. The quantitative estimate of drug-likeness (QED) is 0.691. The molecular weight excluding hydrogens is 258 g/mol. The number of hydrogen-bond donors (Lipinski definition) is 2. The summed E-state index contributed by atoms with van der Waals surface area (Å²) in [6.07, 6.45) is 3.14. The van der Waals surface area contributed by atoms with E-state index in [0.29, 0.717) is 12.2 Å². The number of hydrogen-bond acceptors (Lipinski definition) is 6. The van der Waals surface area contributed by atoms with Crippen molar-refractivity contribution in [3.63, 3.8) is 0 Å². The lowest BCUT2D eigenvalue weighted by atomic mass is 10.1. The molecule has 2 aromatic heterocycles. The van der Waals surface area contributed by atoms with E-state index in [9.17, 15) is 4.79 Å². The third-order valence-electron chi connectivity index (χ3n) is 3.99. The summed E-state index contributed by atoms with van der Waals surface area (Å²) in [6, 6.07) is -0.0922. The van der Waals surface area contributed by atoms with Gasteiger partial charge in [0.1, 0.15) is 17.9 Å². The zero-order chi connectivity index (χ0) is 13.5. The number of fused-ring (bicyclic) bond motifs is 2. The van der Waals surface area contributed by atoms with Crippen LogP contribution in [0.1, 0.15) is 0 Å². The van der Waals surface area contributed by atoms with Crippen molar-refractivity contribution in [3.8, 4) is 0 Å². The van der Waals surface area contributed by atoms with E-state index >= 15 is 0 Å². The molecule has 0 aliphatic carbocycles. The van der Waals surface area contributed by atoms with E-state index in [1.54, 1.807) is 6.33 Å². The second-order valence-electron chi connectivity index (χ2n) is 5.09. The van der Waals surface area contributed by atoms with Crippen molar-refractivity contribution in [2.75, 3.05) is 37.6 Å². The molecule has 0 saturated carbocycles. The van der Waals surface area contributed by atoms with Gasteiger partial charge < -0.3 is 15.2 Å². The molecule has 2 saturated heterocycles. The molecule has 2 aromatic rings. The van der Waals surface area contributed by atoms with E-state index in [2.05, 4.69) is 35.1 Å². The van der Waals surface area contributed by atoms with Gasteiger partial charge in [0.25, 0.3) is 0 Å². The Hall–Kier alpha value is -2.22. The molecule has 20 heavy (non-hydrogen) atoms. The molecule has 0 aromatic carbocycles. The molecule has 1 amide bonds. The predicted octanol–water partition coefficient (Wildman–Crippen LogP) is -1.03. The van der Waals surface area contributed by atoms with Crippen LogP contribution in [0.25, 0.3) is 11.2 Å². The van der Waals surface area contributed by atoms with Crippen LogP contribution in [0.4, 0.5) is 5.82 Å². The Morgan fingerprint density at radius 1 is 1.20 bits per heavy atom. The van der Waals surface area contributed by atoms with Crippen LogP contribution in [-0.2, 0) is 4.79 Å². The molecule has 8 nitrogen and oxygen atoms in total. The largest absolute Gasteiger partial charge is 0.353 e. The third kappa shape index (κ3) is 1.72. The Morgan fingerprint density at radius 3 is 3.10 bits per heavy atom. The smallest absolute Gasteiger partial charge is 0.239 e. The lowest BCUT2D eigenvalue weighted by Crippen LogP contribution is -2.64. The van der Waals surface area contributed by atoms with Crippen LogP contribution < -0.4 is 10.2 Å². The van der Waals surface area contributed by atoms with E-state index < -0.39 is 0 Å². The SMILES string of the molecule is O=C1NCCN2CCN(c3ncnc4nc[nH]c34)CC12. The molecule has 2 aliphatic heterocycles. The molecule has 1 unspecified atom stereocenters. The minimum absolute atomic E-state index is 0.0922. The normalized spacial score (nSPS) is 23.7. The second-order valence-corrected chi connectivity index (χ2v) is 5.09. The van der Waals surface area contributed by atoms with Gasteiger partial charge in [-0.25, -0.2) is 15.0 Å². The van der Waals surface area contributed by atoms with Crippen LogP contribution in [0.2, 0.25) is 0 Å². The number of piperazine rings is 2. The summed E-state index contributed by atoms with van der Waals surface area (Å²) < 4.78 is 0. The standard InChI is InChI=1S/C12H15N7O/c20-12-8-5-19(4-3-18(8)2-1-13-12)11-9-10(15-6-14-9)16-7-17-11/h6-8H,1-5H2,(H,13,20)(H,14,15,16,17). The Bertz CT molecular complexity index is 654. The van der Waals surface area contributed by atoms with E-state index in [-0.39, 0.29) is 11.9 Å². The van der Waals surface area contributed by atoms with Crippen molar-refractivity contribution in [3.05, 3.63) is 12.7 Å². The van der Waals surface area contributed by atoms with Crippen molar-refractivity contribution in [2.45, 2.75) is 6.04 Å². The summed E-state index contributed by atoms with van der Waals surface area (Å²) in [6.45, 7) is 4.05. The minimum Gasteiger partial charge on any atom is -0.353 e. The topological polar surface area (TPSA) is 90.0 Å². The number of nitrogens with zero attached hydrogens (tertiary/aromatic N) is 5. The highest BCUT2D eigenvalue weighted by atomic mass is 16.2. The summed E-state index contributed by atoms with van der Waals surface area (Å²) >= 11 is 0. The van der Waals surface area contributed by atoms with Crippen molar-refractivity contribution >= 4 is 22.9 Å². The number of nitrogens with one attached hydrogen (secondary N) is 2. The van der Waals surface area contributed by atoms with Gasteiger partial charge in [-0.05, 0) is 0 Å². The highest BCUT2D eigenvalue weighted by Crippen LogP contribution is 2.23. The highest BCUT2D eigenvalue weighted by Gasteiger charge is 2.35.